The van der Waals surface area contributed by atoms with Crippen molar-refractivity contribution in [3.8, 4) is 0 Å². The van der Waals surface area contributed by atoms with E-state index >= 15 is 0 Å². The molecule has 2 aromatic heterocycles. The molecule has 1 aliphatic heterocycles. The Hall–Kier alpha value is -2.81. The molecule has 1 aliphatic rings. The highest BCUT2D eigenvalue weighted by Gasteiger charge is 2.21. The Labute approximate surface area is 165 Å². The predicted octanol–water partition coefficient (Wildman–Crippen LogP) is 0.583. The SMILES string of the molecule is Cc1nc(C(=O)NCCCN(C)C)cc(N2CCN(c3ncccn3)CC2)n1. The van der Waals surface area contributed by atoms with Crippen molar-refractivity contribution in [3.05, 3.63) is 36.0 Å². The maximum absolute atomic E-state index is 12.5. The lowest BCUT2D eigenvalue weighted by Crippen LogP contribution is -2.47. The fourth-order valence-corrected chi connectivity index (χ4v) is 3.11. The maximum atomic E-state index is 12.5. The highest BCUT2D eigenvalue weighted by Crippen LogP contribution is 2.17. The van der Waals surface area contributed by atoms with Crippen LogP contribution in [-0.2, 0) is 0 Å². The van der Waals surface area contributed by atoms with Gasteiger partial charge < -0.3 is 20.0 Å². The minimum absolute atomic E-state index is 0.151. The van der Waals surface area contributed by atoms with Crippen molar-refractivity contribution in [3.63, 3.8) is 0 Å². The molecular formula is C19H28N8O. The number of hydrogen-bond donors (Lipinski definition) is 1. The zero-order chi connectivity index (χ0) is 19.9. The number of aromatic nitrogens is 4. The first kappa shape index (κ1) is 19.9. The Bertz CT molecular complexity index is 775. The molecule has 3 rings (SSSR count). The second-order valence-electron chi connectivity index (χ2n) is 7.09. The standard InChI is InChI=1S/C19H28N8O/c1-15-23-16(18(28)20-8-5-9-25(2)3)14-17(24-15)26-10-12-27(13-11-26)19-21-6-4-7-22-19/h4,6-7,14H,5,8-13H2,1-3H3,(H,20,28). The Morgan fingerprint density at radius 1 is 1.11 bits per heavy atom. The summed E-state index contributed by atoms with van der Waals surface area (Å²) in [6.07, 6.45) is 4.41. The summed E-state index contributed by atoms with van der Waals surface area (Å²) in [5.74, 6) is 1.99. The van der Waals surface area contributed by atoms with Crippen molar-refractivity contribution in [2.75, 3.05) is 63.2 Å². The number of aryl methyl sites for hydroxylation is 1. The van der Waals surface area contributed by atoms with Gasteiger partial charge in [0.2, 0.25) is 5.95 Å². The molecule has 1 saturated heterocycles. The molecule has 28 heavy (non-hydrogen) atoms. The molecule has 1 fully saturated rings. The Morgan fingerprint density at radius 3 is 2.46 bits per heavy atom. The van der Waals surface area contributed by atoms with Crippen molar-refractivity contribution in [2.24, 2.45) is 0 Å². The molecule has 0 bridgehead atoms. The van der Waals surface area contributed by atoms with Crippen molar-refractivity contribution < 1.29 is 4.79 Å². The number of anilines is 2. The Kier molecular flexibility index (Phi) is 6.70. The molecule has 1 N–H and O–H groups in total. The summed E-state index contributed by atoms with van der Waals surface area (Å²) in [6, 6.07) is 3.60. The normalized spacial score (nSPS) is 14.4. The first-order valence-electron chi connectivity index (χ1n) is 9.58. The average Bonchev–Trinajstić information content (AvgIpc) is 2.71. The molecule has 3 heterocycles. The quantitative estimate of drug-likeness (QED) is 0.694. The van der Waals surface area contributed by atoms with E-state index in [0.29, 0.717) is 18.1 Å². The number of hydrogen-bond acceptors (Lipinski definition) is 8. The molecule has 0 aromatic carbocycles. The molecule has 0 radical (unpaired) electrons. The Balaban J connectivity index is 1.60. The first-order chi connectivity index (χ1) is 13.5. The highest BCUT2D eigenvalue weighted by atomic mass is 16.1. The number of nitrogens with one attached hydrogen (secondary N) is 1. The number of nitrogens with zero attached hydrogens (tertiary/aromatic N) is 7. The van der Waals surface area contributed by atoms with Crippen molar-refractivity contribution in [1.82, 2.24) is 30.2 Å². The van der Waals surface area contributed by atoms with Crippen LogP contribution in [0.1, 0.15) is 22.7 Å². The molecule has 0 unspecified atom stereocenters. The van der Waals surface area contributed by atoms with Crippen molar-refractivity contribution >= 4 is 17.7 Å². The van der Waals surface area contributed by atoms with E-state index in [1.165, 1.54) is 0 Å². The molecule has 0 spiro atoms. The lowest BCUT2D eigenvalue weighted by molar-refractivity contribution is 0.0947. The van der Waals surface area contributed by atoms with Crippen molar-refractivity contribution in [1.29, 1.82) is 0 Å². The third kappa shape index (κ3) is 5.35. The number of amides is 1. The molecule has 9 nitrogen and oxygen atoms in total. The summed E-state index contributed by atoms with van der Waals surface area (Å²) in [5.41, 5.74) is 0.418. The van der Waals surface area contributed by atoms with Crippen LogP contribution in [0, 0.1) is 6.92 Å². The van der Waals surface area contributed by atoms with E-state index in [4.69, 9.17) is 0 Å². The molecule has 1 amide bonds. The lowest BCUT2D eigenvalue weighted by atomic mass is 10.3. The van der Waals surface area contributed by atoms with Crippen LogP contribution in [0.15, 0.2) is 24.5 Å². The van der Waals surface area contributed by atoms with Gasteiger partial charge in [-0.25, -0.2) is 19.9 Å². The average molecular weight is 384 g/mol. The lowest BCUT2D eigenvalue weighted by Gasteiger charge is -2.35. The summed E-state index contributed by atoms with van der Waals surface area (Å²) in [4.78, 5) is 36.4. The molecule has 150 valence electrons. The van der Waals surface area contributed by atoms with Crippen LogP contribution in [-0.4, -0.2) is 84.1 Å². The van der Waals surface area contributed by atoms with Gasteiger partial charge in [0, 0.05) is 51.2 Å². The van der Waals surface area contributed by atoms with Gasteiger partial charge in [0.1, 0.15) is 17.3 Å². The fourth-order valence-electron chi connectivity index (χ4n) is 3.11. The second-order valence-corrected chi connectivity index (χ2v) is 7.09. The number of rotatable bonds is 7. The molecule has 0 saturated carbocycles. The molecule has 9 heteroatoms. The maximum Gasteiger partial charge on any atom is 0.270 e. The first-order valence-corrected chi connectivity index (χ1v) is 9.58. The van der Waals surface area contributed by atoms with Gasteiger partial charge in [-0.3, -0.25) is 4.79 Å². The smallest absolute Gasteiger partial charge is 0.270 e. The van der Waals surface area contributed by atoms with Crippen LogP contribution in [0.5, 0.6) is 0 Å². The summed E-state index contributed by atoms with van der Waals surface area (Å²) >= 11 is 0. The van der Waals surface area contributed by atoms with E-state index in [1.807, 2.05) is 27.1 Å². The summed E-state index contributed by atoms with van der Waals surface area (Å²) in [7, 11) is 4.04. The minimum atomic E-state index is -0.151. The van der Waals surface area contributed by atoms with E-state index in [0.717, 1.165) is 50.9 Å². The van der Waals surface area contributed by atoms with Gasteiger partial charge in [-0.05, 0) is 40.1 Å². The van der Waals surface area contributed by atoms with Gasteiger partial charge in [0.15, 0.2) is 0 Å². The van der Waals surface area contributed by atoms with Crippen LogP contribution >= 0.6 is 0 Å². The third-order valence-electron chi connectivity index (χ3n) is 4.56. The number of piperazine rings is 1. The summed E-state index contributed by atoms with van der Waals surface area (Å²) < 4.78 is 0. The van der Waals surface area contributed by atoms with Crippen LogP contribution in [0.25, 0.3) is 0 Å². The third-order valence-corrected chi connectivity index (χ3v) is 4.56. The monoisotopic (exact) mass is 384 g/mol. The predicted molar refractivity (Wildman–Crippen MR) is 109 cm³/mol. The molecular weight excluding hydrogens is 356 g/mol. The van der Waals surface area contributed by atoms with E-state index < -0.39 is 0 Å². The fraction of sp³-hybridized carbons (Fsp3) is 0.526. The van der Waals surface area contributed by atoms with E-state index in [9.17, 15) is 4.79 Å². The van der Waals surface area contributed by atoms with Gasteiger partial charge in [0.05, 0.1) is 0 Å². The summed E-state index contributed by atoms with van der Waals surface area (Å²) in [6.45, 7) is 6.57. The zero-order valence-corrected chi connectivity index (χ0v) is 16.8. The zero-order valence-electron chi connectivity index (χ0n) is 16.8. The Morgan fingerprint density at radius 2 is 1.79 bits per heavy atom. The van der Waals surface area contributed by atoms with Crippen LogP contribution in [0.4, 0.5) is 11.8 Å². The van der Waals surface area contributed by atoms with Crippen LogP contribution in [0.3, 0.4) is 0 Å². The van der Waals surface area contributed by atoms with E-state index in [2.05, 4.69) is 40.0 Å². The van der Waals surface area contributed by atoms with E-state index in [1.54, 1.807) is 18.5 Å². The highest BCUT2D eigenvalue weighted by molar-refractivity contribution is 5.92. The van der Waals surface area contributed by atoms with E-state index in [-0.39, 0.29) is 5.91 Å². The minimum Gasteiger partial charge on any atom is -0.353 e. The van der Waals surface area contributed by atoms with Gasteiger partial charge >= 0.3 is 0 Å². The van der Waals surface area contributed by atoms with Gasteiger partial charge in [-0.1, -0.05) is 0 Å². The largest absolute Gasteiger partial charge is 0.353 e. The van der Waals surface area contributed by atoms with Crippen molar-refractivity contribution in [2.45, 2.75) is 13.3 Å². The molecule has 2 aromatic rings. The molecule has 0 aliphatic carbocycles. The number of carbonyl (C=O) groups is 1. The van der Waals surface area contributed by atoms with Crippen LogP contribution < -0.4 is 15.1 Å². The van der Waals surface area contributed by atoms with Crippen LogP contribution in [0.2, 0.25) is 0 Å². The second kappa shape index (κ2) is 9.41. The van der Waals surface area contributed by atoms with Gasteiger partial charge in [0.25, 0.3) is 5.91 Å². The van der Waals surface area contributed by atoms with Gasteiger partial charge in [-0.2, -0.15) is 0 Å². The summed E-state index contributed by atoms with van der Waals surface area (Å²) in [5, 5.41) is 2.94. The topological polar surface area (TPSA) is 90.4 Å². The number of carbonyl (C=O) groups excluding carboxylic acids is 1. The van der Waals surface area contributed by atoms with Gasteiger partial charge in [-0.15, -0.1) is 0 Å². The molecule has 0 atom stereocenters.